The zero-order valence-electron chi connectivity index (χ0n) is 16.9. The van der Waals surface area contributed by atoms with Crippen LogP contribution in [0.15, 0.2) is 47.4 Å². The van der Waals surface area contributed by atoms with Gasteiger partial charge in [0.05, 0.1) is 10.6 Å². The molecule has 3 rings (SSSR count). The molecule has 0 fully saturated rings. The van der Waals surface area contributed by atoms with Crippen molar-refractivity contribution in [1.82, 2.24) is 5.32 Å². The molecule has 0 aromatic heterocycles. The van der Waals surface area contributed by atoms with E-state index in [0.29, 0.717) is 24.7 Å². The normalized spacial score (nSPS) is 14.1. The van der Waals surface area contributed by atoms with Gasteiger partial charge < -0.3 is 14.8 Å². The Morgan fingerprint density at radius 1 is 1.17 bits per heavy atom. The predicted molar refractivity (Wildman–Crippen MR) is 111 cm³/mol. The van der Waals surface area contributed by atoms with Gasteiger partial charge in [-0.25, -0.2) is 12.8 Å². The fourth-order valence-corrected chi connectivity index (χ4v) is 4.64. The number of hydrogen-bond donors (Lipinski definition) is 1. The third-order valence-corrected chi connectivity index (χ3v) is 6.38. The highest BCUT2D eigenvalue weighted by molar-refractivity contribution is 7.92. The van der Waals surface area contributed by atoms with E-state index in [1.165, 1.54) is 36.4 Å². The number of carbonyl (C=O) groups excluding carboxylic acids is 1. The van der Waals surface area contributed by atoms with Crippen molar-refractivity contribution in [2.24, 2.45) is 0 Å². The van der Waals surface area contributed by atoms with Crippen LogP contribution in [0.1, 0.15) is 26.7 Å². The molecule has 1 aliphatic heterocycles. The molecule has 7 nitrogen and oxygen atoms in total. The van der Waals surface area contributed by atoms with Gasteiger partial charge in [0, 0.05) is 12.1 Å². The minimum Gasteiger partial charge on any atom is -0.486 e. The number of ether oxygens (including phenoxy) is 2. The van der Waals surface area contributed by atoms with E-state index in [0.717, 1.165) is 23.2 Å². The maximum atomic E-state index is 13.8. The molecular weight excluding hydrogens is 411 g/mol. The highest BCUT2D eigenvalue weighted by Gasteiger charge is 2.29. The van der Waals surface area contributed by atoms with Gasteiger partial charge in [-0.3, -0.25) is 9.10 Å². The molecule has 0 bridgehead atoms. The lowest BCUT2D eigenvalue weighted by atomic mass is 10.2. The fraction of sp³-hybridized carbons (Fsp3) is 0.381. The lowest BCUT2D eigenvalue weighted by Crippen LogP contribution is -2.43. The van der Waals surface area contributed by atoms with Gasteiger partial charge in [-0.2, -0.15) is 0 Å². The first kappa shape index (κ1) is 21.9. The summed E-state index contributed by atoms with van der Waals surface area (Å²) in [7, 11) is -4.18. The first-order chi connectivity index (χ1) is 14.3. The van der Waals surface area contributed by atoms with Crippen molar-refractivity contribution in [2.45, 2.75) is 37.6 Å². The largest absolute Gasteiger partial charge is 0.486 e. The monoisotopic (exact) mass is 436 g/mol. The Hall–Kier alpha value is -2.81. The Bertz CT molecular complexity index is 1010. The van der Waals surface area contributed by atoms with Crippen LogP contribution in [0.4, 0.5) is 10.1 Å². The number of carbonyl (C=O) groups is 1. The molecule has 0 saturated carbocycles. The van der Waals surface area contributed by atoms with Crippen LogP contribution in [-0.4, -0.2) is 40.1 Å². The number of amides is 1. The van der Waals surface area contributed by atoms with E-state index in [2.05, 4.69) is 5.32 Å². The molecule has 1 amide bonds. The molecular formula is C21H25FN2O5S. The summed E-state index contributed by atoms with van der Waals surface area (Å²) in [4.78, 5) is 12.5. The molecule has 0 saturated heterocycles. The van der Waals surface area contributed by atoms with Gasteiger partial charge >= 0.3 is 0 Å². The minimum absolute atomic E-state index is 0.0585. The SMILES string of the molecule is CCCC(C)NC(=O)CN(c1cccc(F)c1)S(=O)(=O)c1ccc2c(c1)OCCO2. The Kier molecular flexibility index (Phi) is 6.81. The fourth-order valence-electron chi connectivity index (χ4n) is 3.21. The van der Waals surface area contributed by atoms with Crippen molar-refractivity contribution in [3.63, 3.8) is 0 Å². The molecule has 0 aliphatic carbocycles. The van der Waals surface area contributed by atoms with E-state index >= 15 is 0 Å². The second-order valence-corrected chi connectivity index (χ2v) is 8.92. The first-order valence-corrected chi connectivity index (χ1v) is 11.2. The van der Waals surface area contributed by atoms with E-state index in [1.54, 1.807) is 0 Å². The lowest BCUT2D eigenvalue weighted by molar-refractivity contribution is -0.120. The van der Waals surface area contributed by atoms with Crippen LogP contribution >= 0.6 is 0 Å². The number of nitrogens with one attached hydrogen (secondary N) is 1. The average Bonchev–Trinajstić information content (AvgIpc) is 2.71. The number of anilines is 1. The third-order valence-electron chi connectivity index (χ3n) is 4.61. The standard InChI is InChI=1S/C21H25FN2O5S/c1-3-5-15(2)23-21(25)14-24(17-7-4-6-16(22)12-17)30(26,27)18-8-9-19-20(13-18)29-11-10-28-19/h4,6-9,12-13,15H,3,5,10-11,14H2,1-2H3,(H,23,25). The second kappa shape index (κ2) is 9.34. The summed E-state index contributed by atoms with van der Waals surface area (Å²) in [5.74, 6) is -0.317. The van der Waals surface area contributed by atoms with Gasteiger partial charge in [0.2, 0.25) is 5.91 Å². The summed E-state index contributed by atoms with van der Waals surface area (Å²) in [6.45, 7) is 4.05. The van der Waals surface area contributed by atoms with Crippen LogP contribution in [0.5, 0.6) is 11.5 Å². The molecule has 1 heterocycles. The molecule has 9 heteroatoms. The minimum atomic E-state index is -4.18. The first-order valence-electron chi connectivity index (χ1n) is 9.78. The molecule has 1 unspecified atom stereocenters. The zero-order valence-corrected chi connectivity index (χ0v) is 17.7. The Morgan fingerprint density at radius 3 is 2.60 bits per heavy atom. The van der Waals surface area contributed by atoms with Crippen LogP contribution in [0.3, 0.4) is 0 Å². The zero-order chi connectivity index (χ0) is 21.7. The quantitative estimate of drug-likeness (QED) is 0.687. The number of rotatable bonds is 8. The van der Waals surface area contributed by atoms with Crippen LogP contribution < -0.4 is 19.1 Å². The summed E-state index contributed by atoms with van der Waals surface area (Å²) in [6, 6.07) is 9.28. The second-order valence-electron chi connectivity index (χ2n) is 7.05. The number of halogens is 1. The molecule has 2 aromatic carbocycles. The van der Waals surface area contributed by atoms with Gasteiger partial charge in [0.1, 0.15) is 25.6 Å². The molecule has 1 atom stereocenters. The average molecular weight is 437 g/mol. The van der Waals surface area contributed by atoms with Gasteiger partial charge in [0.15, 0.2) is 11.5 Å². The molecule has 0 radical (unpaired) electrons. The lowest BCUT2D eigenvalue weighted by Gasteiger charge is -2.26. The number of hydrogen-bond acceptors (Lipinski definition) is 5. The topological polar surface area (TPSA) is 84.9 Å². The van der Waals surface area contributed by atoms with Crippen LogP contribution in [0.25, 0.3) is 0 Å². The molecule has 0 spiro atoms. The van der Waals surface area contributed by atoms with Crippen LogP contribution in [-0.2, 0) is 14.8 Å². The summed E-state index contributed by atoms with van der Waals surface area (Å²) >= 11 is 0. The predicted octanol–water partition coefficient (Wildman–Crippen LogP) is 3.10. The van der Waals surface area contributed by atoms with E-state index in [4.69, 9.17) is 9.47 Å². The summed E-state index contributed by atoms with van der Waals surface area (Å²) in [5, 5.41) is 2.79. The Morgan fingerprint density at radius 2 is 1.90 bits per heavy atom. The van der Waals surface area contributed by atoms with E-state index < -0.39 is 28.3 Å². The third kappa shape index (κ3) is 5.02. The molecule has 1 aliphatic rings. The van der Waals surface area contributed by atoms with Gasteiger partial charge in [0.25, 0.3) is 10.0 Å². The Labute approximate surface area is 175 Å². The van der Waals surface area contributed by atoms with Gasteiger partial charge in [-0.1, -0.05) is 19.4 Å². The van der Waals surface area contributed by atoms with Crippen molar-refractivity contribution in [3.05, 3.63) is 48.3 Å². The van der Waals surface area contributed by atoms with E-state index in [-0.39, 0.29) is 16.6 Å². The Balaban J connectivity index is 1.95. The maximum absolute atomic E-state index is 13.8. The van der Waals surface area contributed by atoms with Crippen LogP contribution in [0, 0.1) is 5.82 Å². The van der Waals surface area contributed by atoms with Gasteiger partial charge in [-0.05, 0) is 43.7 Å². The highest BCUT2D eigenvalue weighted by Crippen LogP contribution is 2.34. The van der Waals surface area contributed by atoms with Gasteiger partial charge in [-0.15, -0.1) is 0 Å². The number of nitrogens with zero attached hydrogens (tertiary/aromatic N) is 1. The maximum Gasteiger partial charge on any atom is 0.264 e. The van der Waals surface area contributed by atoms with Crippen LogP contribution in [0.2, 0.25) is 0 Å². The van der Waals surface area contributed by atoms with Crippen molar-refractivity contribution >= 4 is 21.6 Å². The summed E-state index contributed by atoms with van der Waals surface area (Å²) < 4.78 is 52.5. The molecule has 1 N–H and O–H groups in total. The van der Waals surface area contributed by atoms with E-state index in [9.17, 15) is 17.6 Å². The van der Waals surface area contributed by atoms with Crippen molar-refractivity contribution < 1.29 is 27.1 Å². The molecule has 2 aromatic rings. The smallest absolute Gasteiger partial charge is 0.264 e. The van der Waals surface area contributed by atoms with Crippen molar-refractivity contribution in [1.29, 1.82) is 0 Å². The molecule has 30 heavy (non-hydrogen) atoms. The highest BCUT2D eigenvalue weighted by atomic mass is 32.2. The molecule has 162 valence electrons. The summed E-state index contributed by atoms with van der Waals surface area (Å²) in [6.07, 6.45) is 1.64. The van der Waals surface area contributed by atoms with E-state index in [1.807, 2.05) is 13.8 Å². The number of sulfonamides is 1. The summed E-state index contributed by atoms with van der Waals surface area (Å²) in [5.41, 5.74) is 0.0585. The number of benzene rings is 2. The number of fused-ring (bicyclic) bond motifs is 1. The van der Waals surface area contributed by atoms with Crippen molar-refractivity contribution in [3.8, 4) is 11.5 Å². The van der Waals surface area contributed by atoms with Crippen molar-refractivity contribution in [2.75, 3.05) is 24.1 Å².